The Hall–Kier alpha value is -1.39. The average Bonchev–Trinajstić information content (AvgIpc) is 3.16. The molecule has 1 N–H and O–H groups in total. The van der Waals surface area contributed by atoms with E-state index in [1.165, 1.54) is 199 Å². The van der Waals surface area contributed by atoms with E-state index in [1.807, 2.05) is 0 Å². The van der Waals surface area contributed by atoms with Crippen molar-refractivity contribution in [3.8, 4) is 0 Å². The quantitative estimate of drug-likeness (QED) is 0.0383. The first kappa shape index (κ1) is 51.6. The van der Waals surface area contributed by atoms with Gasteiger partial charge in [-0.3, -0.25) is 4.79 Å². The second kappa shape index (κ2) is 46.8. The fourth-order valence-electron chi connectivity index (χ4n) is 6.88. The van der Waals surface area contributed by atoms with Crippen LogP contribution in [0.1, 0.15) is 245 Å². The number of esters is 1. The van der Waals surface area contributed by atoms with Gasteiger partial charge in [0.15, 0.2) is 0 Å². The van der Waals surface area contributed by atoms with Gasteiger partial charge in [0.25, 0.3) is 0 Å². The highest BCUT2D eigenvalue weighted by molar-refractivity contribution is 5.69. The van der Waals surface area contributed by atoms with Gasteiger partial charge in [-0.15, -0.1) is 0 Å². The van der Waals surface area contributed by atoms with Crippen LogP contribution >= 0.6 is 0 Å². The summed E-state index contributed by atoms with van der Waals surface area (Å²) in [6.45, 7) is 5.35. The average molecular weight is 745 g/mol. The molecule has 0 saturated carbocycles. The number of carbonyl (C=O) groups excluding carboxylic acids is 1. The smallest absolute Gasteiger partial charge is 0.306 e. The molecule has 0 spiro atoms. The zero-order valence-electron chi connectivity index (χ0n) is 35.8. The molecule has 0 aliphatic rings. The third-order valence-corrected chi connectivity index (χ3v) is 10.4. The molecular weight excluding hydrogens is 653 g/mol. The molecule has 0 fully saturated rings. The molecule has 0 aliphatic carbocycles. The summed E-state index contributed by atoms with van der Waals surface area (Å²) in [6, 6.07) is 0. The first-order chi connectivity index (χ1) is 26.2. The summed E-state index contributed by atoms with van der Waals surface area (Å²) in [5.74, 6) is -0.201. The van der Waals surface area contributed by atoms with Crippen LogP contribution in [0.25, 0.3) is 0 Å². The van der Waals surface area contributed by atoms with Gasteiger partial charge in [0.2, 0.25) is 0 Å². The molecule has 312 valence electrons. The lowest BCUT2D eigenvalue weighted by molar-refractivity contribution is -0.154. The van der Waals surface area contributed by atoms with E-state index in [0.29, 0.717) is 19.6 Å². The Morgan fingerprint density at radius 1 is 0.453 bits per heavy atom. The number of ether oxygens (including phenoxy) is 2. The fourth-order valence-corrected chi connectivity index (χ4v) is 6.88. The summed E-state index contributed by atoms with van der Waals surface area (Å²) in [7, 11) is 0. The molecule has 0 aromatic rings. The maximum Gasteiger partial charge on any atom is 0.306 e. The SMILES string of the molecule is CCCCCCC/C=C\C/C=C\CCCCCCCCCCCCCCCC(=O)OC(CO)COCCCCCCCC/C=C\CCCCCCCC. The van der Waals surface area contributed by atoms with Crippen molar-refractivity contribution >= 4 is 5.97 Å². The highest BCUT2D eigenvalue weighted by atomic mass is 16.6. The van der Waals surface area contributed by atoms with Crippen molar-refractivity contribution in [3.63, 3.8) is 0 Å². The molecule has 0 rings (SSSR count). The predicted molar refractivity (Wildman–Crippen MR) is 233 cm³/mol. The minimum Gasteiger partial charge on any atom is -0.457 e. The molecule has 1 atom stereocenters. The van der Waals surface area contributed by atoms with Gasteiger partial charge in [0.1, 0.15) is 6.10 Å². The Balaban J connectivity index is 3.40. The summed E-state index contributed by atoms with van der Waals surface area (Å²) < 4.78 is 11.2. The molecular formula is C49H92O4. The summed E-state index contributed by atoms with van der Waals surface area (Å²) in [5, 5.41) is 9.62. The third kappa shape index (κ3) is 44.9. The minimum absolute atomic E-state index is 0.172. The van der Waals surface area contributed by atoms with Crippen LogP contribution in [0.3, 0.4) is 0 Å². The molecule has 0 aliphatic heterocycles. The Bertz CT molecular complexity index is 787. The first-order valence-electron chi connectivity index (χ1n) is 23.6. The maximum atomic E-state index is 12.2. The van der Waals surface area contributed by atoms with Gasteiger partial charge >= 0.3 is 5.97 Å². The van der Waals surface area contributed by atoms with Crippen LogP contribution in [0.2, 0.25) is 0 Å². The predicted octanol–water partition coefficient (Wildman–Crippen LogP) is 15.7. The van der Waals surface area contributed by atoms with Crippen molar-refractivity contribution in [1.82, 2.24) is 0 Å². The molecule has 1 unspecified atom stereocenters. The van der Waals surface area contributed by atoms with Crippen molar-refractivity contribution in [2.24, 2.45) is 0 Å². The third-order valence-electron chi connectivity index (χ3n) is 10.4. The molecule has 4 nitrogen and oxygen atoms in total. The molecule has 0 heterocycles. The van der Waals surface area contributed by atoms with Gasteiger partial charge < -0.3 is 14.6 Å². The Morgan fingerprint density at radius 3 is 1.19 bits per heavy atom. The van der Waals surface area contributed by atoms with E-state index in [2.05, 4.69) is 50.3 Å². The van der Waals surface area contributed by atoms with Crippen LogP contribution in [0.5, 0.6) is 0 Å². The molecule has 0 bridgehead atoms. The van der Waals surface area contributed by atoms with Crippen LogP contribution < -0.4 is 0 Å². The molecule has 0 aromatic carbocycles. The van der Waals surface area contributed by atoms with Crippen LogP contribution in [-0.2, 0) is 14.3 Å². The van der Waals surface area contributed by atoms with E-state index in [9.17, 15) is 9.90 Å². The van der Waals surface area contributed by atoms with Crippen molar-refractivity contribution in [1.29, 1.82) is 0 Å². The highest BCUT2D eigenvalue weighted by Gasteiger charge is 2.13. The molecule has 0 amide bonds. The van der Waals surface area contributed by atoms with Crippen molar-refractivity contribution in [2.45, 2.75) is 251 Å². The lowest BCUT2D eigenvalue weighted by Gasteiger charge is -2.15. The number of unbranched alkanes of at least 4 members (excludes halogenated alkanes) is 30. The first-order valence-corrected chi connectivity index (χ1v) is 23.6. The van der Waals surface area contributed by atoms with E-state index in [4.69, 9.17) is 9.47 Å². The number of rotatable bonds is 44. The van der Waals surface area contributed by atoms with Crippen molar-refractivity contribution in [2.75, 3.05) is 19.8 Å². The summed E-state index contributed by atoms with van der Waals surface area (Å²) in [6.07, 6.45) is 59.3. The second-order valence-corrected chi connectivity index (χ2v) is 15.8. The molecule has 0 saturated heterocycles. The van der Waals surface area contributed by atoms with Gasteiger partial charge in [-0.05, 0) is 70.6 Å². The lowest BCUT2D eigenvalue weighted by atomic mass is 10.0. The standard InChI is InChI=1S/C49H92O4/c1-3-5-7-9-11-13-15-17-19-21-22-23-24-25-26-27-28-29-30-32-34-36-38-40-42-44-49(51)53-48(46-50)47-52-45-43-41-39-37-35-33-31-20-18-16-14-12-10-8-6-4-2/h15,17-18,20-22,48,50H,3-14,16,19,23-47H2,1-2H3/b17-15-,20-18-,22-21-. The molecule has 0 radical (unpaired) electrons. The Labute approximate surface area is 331 Å². The van der Waals surface area contributed by atoms with Crippen LogP contribution in [0.4, 0.5) is 0 Å². The monoisotopic (exact) mass is 745 g/mol. The topological polar surface area (TPSA) is 55.8 Å². The maximum absolute atomic E-state index is 12.2. The van der Waals surface area contributed by atoms with Crippen LogP contribution in [0, 0.1) is 0 Å². The summed E-state index contributed by atoms with van der Waals surface area (Å²) >= 11 is 0. The number of aliphatic hydroxyl groups is 1. The summed E-state index contributed by atoms with van der Waals surface area (Å²) in [4.78, 5) is 12.2. The van der Waals surface area contributed by atoms with E-state index in [-0.39, 0.29) is 12.6 Å². The Kier molecular flexibility index (Phi) is 45.5. The van der Waals surface area contributed by atoms with Gasteiger partial charge in [0, 0.05) is 13.0 Å². The van der Waals surface area contributed by atoms with Gasteiger partial charge in [-0.25, -0.2) is 0 Å². The van der Waals surface area contributed by atoms with E-state index in [1.54, 1.807) is 0 Å². The number of carbonyl (C=O) groups is 1. The second-order valence-electron chi connectivity index (χ2n) is 15.8. The number of aliphatic hydroxyl groups excluding tert-OH is 1. The van der Waals surface area contributed by atoms with Crippen molar-refractivity contribution in [3.05, 3.63) is 36.5 Å². The molecule has 4 heteroatoms. The molecule has 0 aromatic heterocycles. The lowest BCUT2D eigenvalue weighted by Crippen LogP contribution is -2.27. The van der Waals surface area contributed by atoms with Gasteiger partial charge in [0.05, 0.1) is 13.2 Å². The Morgan fingerprint density at radius 2 is 0.792 bits per heavy atom. The number of hydrogen-bond acceptors (Lipinski definition) is 4. The van der Waals surface area contributed by atoms with E-state index < -0.39 is 6.10 Å². The van der Waals surface area contributed by atoms with Crippen LogP contribution in [0.15, 0.2) is 36.5 Å². The van der Waals surface area contributed by atoms with Gasteiger partial charge in [-0.2, -0.15) is 0 Å². The molecule has 53 heavy (non-hydrogen) atoms. The summed E-state index contributed by atoms with van der Waals surface area (Å²) in [5.41, 5.74) is 0. The van der Waals surface area contributed by atoms with Gasteiger partial charge in [-0.1, -0.05) is 204 Å². The fraction of sp³-hybridized carbons (Fsp3) is 0.857. The number of hydrogen-bond donors (Lipinski definition) is 1. The normalized spacial score (nSPS) is 12.6. The van der Waals surface area contributed by atoms with E-state index in [0.717, 1.165) is 25.7 Å². The zero-order valence-corrected chi connectivity index (χ0v) is 35.8. The largest absolute Gasteiger partial charge is 0.457 e. The minimum atomic E-state index is -0.536. The van der Waals surface area contributed by atoms with Crippen molar-refractivity contribution < 1.29 is 19.4 Å². The van der Waals surface area contributed by atoms with Crippen LogP contribution in [-0.4, -0.2) is 37.0 Å². The zero-order chi connectivity index (χ0) is 38.4. The number of allylic oxidation sites excluding steroid dienone is 6. The van der Waals surface area contributed by atoms with E-state index >= 15 is 0 Å². The highest BCUT2D eigenvalue weighted by Crippen LogP contribution is 2.15.